The van der Waals surface area contributed by atoms with Crippen LogP contribution in [-0.4, -0.2) is 33.3 Å². The molecule has 1 amide bonds. The number of halogens is 1. The number of amides is 1. The number of hydrogen-bond donors (Lipinski definition) is 2. The van der Waals surface area contributed by atoms with Gasteiger partial charge in [0.1, 0.15) is 11.6 Å². The molecule has 3 N–H and O–H groups in total. The molecule has 0 saturated carbocycles. The zero-order chi connectivity index (χ0) is 17.9. The summed E-state index contributed by atoms with van der Waals surface area (Å²) in [5.74, 6) is -0.865. The molecule has 1 aromatic carbocycles. The highest BCUT2D eigenvalue weighted by molar-refractivity contribution is 6.35. The van der Waals surface area contributed by atoms with Crippen molar-refractivity contribution in [2.75, 3.05) is 17.7 Å². The van der Waals surface area contributed by atoms with Gasteiger partial charge in [0.05, 0.1) is 0 Å². The van der Waals surface area contributed by atoms with Crippen LogP contribution in [0.2, 0.25) is 5.02 Å². The van der Waals surface area contributed by atoms with E-state index in [-0.39, 0.29) is 24.1 Å². The number of nitrogens with two attached hydrogens (primary N) is 1. The van der Waals surface area contributed by atoms with Crippen LogP contribution in [0, 0.1) is 5.92 Å². The molecule has 4 rings (SSSR count). The Morgan fingerprint density at radius 1 is 1.32 bits per heavy atom. The van der Waals surface area contributed by atoms with Gasteiger partial charge >= 0.3 is 0 Å². The number of hydrogen-bond acceptors (Lipinski definition) is 4. The van der Waals surface area contributed by atoms with Crippen molar-refractivity contribution in [1.82, 2.24) is 14.5 Å². The van der Waals surface area contributed by atoms with Gasteiger partial charge in [-0.3, -0.25) is 14.5 Å². The Hall–Kier alpha value is -2.80. The molecule has 0 bridgehead atoms. The number of fused-ring (bicyclic) bond motifs is 2. The first-order valence-corrected chi connectivity index (χ1v) is 8.16. The van der Waals surface area contributed by atoms with Crippen LogP contribution in [0.3, 0.4) is 0 Å². The maximum atomic E-state index is 12.9. The van der Waals surface area contributed by atoms with E-state index in [0.29, 0.717) is 16.5 Å². The van der Waals surface area contributed by atoms with Gasteiger partial charge in [-0.05, 0) is 18.2 Å². The number of carbonyl (C=O) groups excluding carboxylic acids is 2. The number of carbonyl (C=O) groups is 2. The van der Waals surface area contributed by atoms with Crippen LogP contribution in [0.4, 0.5) is 11.8 Å². The van der Waals surface area contributed by atoms with E-state index in [0.717, 1.165) is 16.6 Å². The van der Waals surface area contributed by atoms with Gasteiger partial charge in [0, 0.05) is 42.1 Å². The molecule has 1 unspecified atom stereocenters. The average molecular weight is 358 g/mol. The molecule has 3 heterocycles. The van der Waals surface area contributed by atoms with Crippen LogP contribution >= 0.6 is 11.6 Å². The second kappa shape index (κ2) is 5.35. The second-order valence-electron chi connectivity index (χ2n) is 6.22. The van der Waals surface area contributed by atoms with Crippen molar-refractivity contribution >= 4 is 46.0 Å². The molecule has 8 heteroatoms. The molecular weight excluding hydrogens is 342 g/mol. The molecule has 0 spiro atoms. The van der Waals surface area contributed by atoms with Crippen LogP contribution in [0.15, 0.2) is 24.3 Å². The highest BCUT2D eigenvalue weighted by Gasteiger charge is 2.41. The van der Waals surface area contributed by atoms with E-state index in [2.05, 4.69) is 9.97 Å². The lowest BCUT2D eigenvalue weighted by molar-refractivity contribution is -0.121. The molecule has 3 aromatic rings. The number of imidazole rings is 1. The Balaban J connectivity index is 1.74. The smallest absolute Gasteiger partial charge is 0.239 e. The van der Waals surface area contributed by atoms with Crippen LogP contribution in [0.5, 0.6) is 0 Å². The van der Waals surface area contributed by atoms with E-state index in [1.165, 1.54) is 9.47 Å². The molecule has 1 atom stereocenters. The molecule has 1 aliphatic heterocycles. The number of aromatic nitrogens is 3. The Morgan fingerprint density at radius 2 is 2.08 bits per heavy atom. The van der Waals surface area contributed by atoms with E-state index < -0.39 is 5.92 Å². The molecule has 7 nitrogen and oxygen atoms in total. The number of nitrogens with zero attached hydrogens (tertiary/aromatic N) is 3. The highest BCUT2D eigenvalue weighted by atomic mass is 35.5. The van der Waals surface area contributed by atoms with Crippen molar-refractivity contribution < 1.29 is 9.59 Å². The Morgan fingerprint density at radius 3 is 2.80 bits per heavy atom. The molecule has 0 aliphatic carbocycles. The third-order valence-corrected chi connectivity index (χ3v) is 5.03. The number of H-pyrrole nitrogens is 1. The van der Waals surface area contributed by atoms with Crippen molar-refractivity contribution in [3.05, 3.63) is 40.7 Å². The van der Waals surface area contributed by atoms with Crippen molar-refractivity contribution in [1.29, 1.82) is 0 Å². The van der Waals surface area contributed by atoms with Crippen LogP contribution in [-0.2, 0) is 18.3 Å². The Labute approximate surface area is 148 Å². The standard InChI is InChI=1S/C17H16ClN5O2/c1-22-13-14(24)10(16(25)23(2)15(13)21-17(22)19)7-8-6-9-11(18)4-3-5-12(9)20-8/h3-6,10,20H,7H2,1-2H3,(H2,19,21). The van der Waals surface area contributed by atoms with Gasteiger partial charge < -0.3 is 15.3 Å². The van der Waals surface area contributed by atoms with Crippen LogP contribution in [0.25, 0.3) is 10.9 Å². The monoisotopic (exact) mass is 357 g/mol. The van der Waals surface area contributed by atoms with E-state index >= 15 is 0 Å². The fourth-order valence-corrected chi connectivity index (χ4v) is 3.54. The third-order valence-electron chi connectivity index (χ3n) is 4.70. The lowest BCUT2D eigenvalue weighted by Gasteiger charge is -2.27. The number of nitrogens with one attached hydrogen (secondary N) is 1. The average Bonchev–Trinajstić information content (AvgIpc) is 3.12. The Kier molecular flexibility index (Phi) is 3.36. The summed E-state index contributed by atoms with van der Waals surface area (Å²) in [6.07, 6.45) is 0.261. The summed E-state index contributed by atoms with van der Waals surface area (Å²) < 4.78 is 1.52. The number of ketones is 1. The largest absolute Gasteiger partial charge is 0.369 e. The maximum absolute atomic E-state index is 12.9. The lowest BCUT2D eigenvalue weighted by atomic mass is 9.91. The summed E-state index contributed by atoms with van der Waals surface area (Å²) in [5, 5.41) is 1.49. The highest BCUT2D eigenvalue weighted by Crippen LogP contribution is 2.32. The fourth-order valence-electron chi connectivity index (χ4n) is 3.31. The minimum absolute atomic E-state index is 0.205. The molecule has 1 aliphatic rings. The van der Waals surface area contributed by atoms with Gasteiger partial charge in [0.25, 0.3) is 0 Å². The van der Waals surface area contributed by atoms with Crippen molar-refractivity contribution in [2.24, 2.45) is 13.0 Å². The van der Waals surface area contributed by atoms with E-state index in [9.17, 15) is 9.59 Å². The molecule has 2 aromatic heterocycles. The number of Topliss-reactive ketones (excluding diaryl/α,β-unsaturated/α-hetero) is 1. The van der Waals surface area contributed by atoms with Crippen molar-refractivity contribution in [3.63, 3.8) is 0 Å². The molecular formula is C17H16ClN5O2. The number of benzene rings is 1. The van der Waals surface area contributed by atoms with E-state index in [1.54, 1.807) is 20.2 Å². The minimum atomic E-state index is -0.820. The summed E-state index contributed by atoms with van der Waals surface area (Å²) in [7, 11) is 3.28. The first kappa shape index (κ1) is 15.7. The van der Waals surface area contributed by atoms with Gasteiger partial charge in [-0.1, -0.05) is 17.7 Å². The Bertz CT molecular complexity index is 1040. The zero-order valence-electron chi connectivity index (χ0n) is 13.7. The number of nitrogen functional groups attached to an aromatic ring is 1. The summed E-state index contributed by atoms with van der Waals surface area (Å²) in [6.45, 7) is 0. The summed E-state index contributed by atoms with van der Waals surface area (Å²) in [5.41, 5.74) is 7.81. The number of rotatable bonds is 2. The van der Waals surface area contributed by atoms with Crippen LogP contribution < -0.4 is 10.6 Å². The SMILES string of the molecule is CN1C(=O)C(Cc2cc3c(Cl)cccc3[nH]2)C(=O)c2c1nc(N)n2C. The predicted molar refractivity (Wildman–Crippen MR) is 95.9 cm³/mol. The minimum Gasteiger partial charge on any atom is -0.369 e. The molecule has 25 heavy (non-hydrogen) atoms. The summed E-state index contributed by atoms with van der Waals surface area (Å²) in [6, 6.07) is 7.43. The number of anilines is 2. The zero-order valence-corrected chi connectivity index (χ0v) is 14.5. The molecule has 0 radical (unpaired) electrons. The van der Waals surface area contributed by atoms with Crippen molar-refractivity contribution in [3.8, 4) is 0 Å². The molecule has 0 fully saturated rings. The summed E-state index contributed by atoms with van der Waals surface area (Å²) in [4.78, 5) is 34.3. The van der Waals surface area contributed by atoms with E-state index in [4.69, 9.17) is 17.3 Å². The summed E-state index contributed by atoms with van der Waals surface area (Å²) >= 11 is 6.20. The topological polar surface area (TPSA) is 97.0 Å². The quantitative estimate of drug-likeness (QED) is 0.687. The van der Waals surface area contributed by atoms with Gasteiger partial charge in [0.2, 0.25) is 11.9 Å². The lowest BCUT2D eigenvalue weighted by Crippen LogP contribution is -2.44. The second-order valence-corrected chi connectivity index (χ2v) is 6.62. The first-order valence-electron chi connectivity index (χ1n) is 7.78. The molecule has 0 saturated heterocycles. The molecule has 128 valence electrons. The number of aromatic amines is 1. The van der Waals surface area contributed by atoms with Crippen molar-refractivity contribution in [2.45, 2.75) is 6.42 Å². The van der Waals surface area contributed by atoms with Gasteiger partial charge in [0.15, 0.2) is 11.6 Å². The van der Waals surface area contributed by atoms with Gasteiger partial charge in [-0.15, -0.1) is 0 Å². The first-order chi connectivity index (χ1) is 11.9. The fraction of sp³-hybridized carbons (Fsp3) is 0.235. The predicted octanol–water partition coefficient (Wildman–Crippen LogP) is 2.15. The van der Waals surface area contributed by atoms with Crippen LogP contribution in [0.1, 0.15) is 16.2 Å². The normalized spacial score (nSPS) is 17.4. The van der Waals surface area contributed by atoms with E-state index in [1.807, 2.05) is 18.2 Å². The maximum Gasteiger partial charge on any atom is 0.239 e. The van der Waals surface area contributed by atoms with Gasteiger partial charge in [-0.2, -0.15) is 4.98 Å². The van der Waals surface area contributed by atoms with Gasteiger partial charge in [-0.25, -0.2) is 0 Å². The third kappa shape index (κ3) is 2.23.